The third-order valence-electron chi connectivity index (χ3n) is 4.07. The maximum Gasteiger partial charge on any atom is 0.335 e. The Labute approximate surface area is 164 Å². The maximum atomic E-state index is 12.8. The van der Waals surface area contributed by atoms with Crippen LogP contribution in [-0.4, -0.2) is 42.2 Å². The van der Waals surface area contributed by atoms with Crippen LogP contribution in [0.4, 0.5) is 10.5 Å². The number of benzene rings is 2. The number of barbiturate groups is 1. The summed E-state index contributed by atoms with van der Waals surface area (Å²) in [6.45, 7) is 0. The molecule has 29 heavy (non-hydrogen) atoms. The van der Waals surface area contributed by atoms with Crippen molar-refractivity contribution in [2.45, 2.75) is 0 Å². The average Bonchev–Trinajstić information content (AvgIpc) is 2.70. The minimum absolute atomic E-state index is 0.0325. The Bertz CT molecular complexity index is 1020. The van der Waals surface area contributed by atoms with E-state index in [0.717, 1.165) is 11.1 Å². The summed E-state index contributed by atoms with van der Waals surface area (Å²) in [5, 5.41) is 15.4. The van der Waals surface area contributed by atoms with Gasteiger partial charge in [0.1, 0.15) is 11.5 Å². The van der Waals surface area contributed by atoms with E-state index in [4.69, 9.17) is 4.74 Å². The first-order valence-electron chi connectivity index (χ1n) is 8.37. The molecule has 1 aliphatic rings. The zero-order valence-electron chi connectivity index (χ0n) is 15.2. The average molecular weight is 396 g/mol. The lowest BCUT2D eigenvalue weighted by Gasteiger charge is -2.29. The smallest absolute Gasteiger partial charge is 0.335 e. The Hall–Kier alpha value is -4.21. The van der Waals surface area contributed by atoms with Crippen molar-refractivity contribution < 1.29 is 29.0 Å². The fourth-order valence-corrected chi connectivity index (χ4v) is 2.66. The van der Waals surface area contributed by atoms with E-state index in [1.165, 1.54) is 25.3 Å². The van der Waals surface area contributed by atoms with Crippen LogP contribution in [0.25, 0.3) is 0 Å². The molecule has 1 fully saturated rings. The van der Waals surface area contributed by atoms with Crippen LogP contribution in [-0.2, 0) is 9.59 Å². The number of urea groups is 1. The van der Waals surface area contributed by atoms with Crippen molar-refractivity contribution in [3.8, 4) is 11.5 Å². The molecule has 10 nitrogen and oxygen atoms in total. The summed E-state index contributed by atoms with van der Waals surface area (Å²) >= 11 is 0. The number of phenols is 1. The summed E-state index contributed by atoms with van der Waals surface area (Å²) in [6.07, 6.45) is 0.907. The summed E-state index contributed by atoms with van der Waals surface area (Å²) < 4.78 is 5.16. The largest absolute Gasteiger partial charge is 0.507 e. The molecule has 148 valence electrons. The predicted molar refractivity (Wildman–Crippen MR) is 102 cm³/mol. The molecule has 0 aliphatic carbocycles. The van der Waals surface area contributed by atoms with Gasteiger partial charge in [0.05, 0.1) is 18.4 Å². The molecule has 0 unspecified atom stereocenters. The molecule has 0 aromatic heterocycles. The van der Waals surface area contributed by atoms with E-state index in [0.29, 0.717) is 0 Å². The second-order valence-electron chi connectivity index (χ2n) is 5.85. The molecule has 1 aliphatic heterocycles. The molecule has 1 saturated heterocycles. The van der Waals surface area contributed by atoms with E-state index >= 15 is 0 Å². The van der Waals surface area contributed by atoms with Crippen molar-refractivity contribution in [1.29, 1.82) is 0 Å². The number of phenolic OH excluding ortho intramolecular Hbond substituents is 1. The van der Waals surface area contributed by atoms with Gasteiger partial charge >= 0.3 is 6.03 Å². The topological polar surface area (TPSA) is 137 Å². The number of aromatic hydroxyl groups is 1. The number of carbonyl (C=O) groups is 4. The van der Waals surface area contributed by atoms with Gasteiger partial charge in [0.2, 0.25) is 5.91 Å². The Morgan fingerprint density at radius 1 is 1.17 bits per heavy atom. The minimum Gasteiger partial charge on any atom is -0.507 e. The van der Waals surface area contributed by atoms with Crippen LogP contribution in [0.15, 0.2) is 53.6 Å². The number of methoxy groups -OCH3 is 1. The number of nitrogens with zero attached hydrogens (tertiary/aromatic N) is 2. The monoisotopic (exact) mass is 396 g/mol. The van der Waals surface area contributed by atoms with Crippen LogP contribution >= 0.6 is 0 Å². The highest BCUT2D eigenvalue weighted by atomic mass is 16.5. The Kier molecular flexibility index (Phi) is 5.54. The van der Waals surface area contributed by atoms with Gasteiger partial charge in [0.15, 0.2) is 5.92 Å². The quantitative estimate of drug-likeness (QED) is 0.392. The van der Waals surface area contributed by atoms with Crippen LogP contribution in [0.1, 0.15) is 10.4 Å². The molecule has 0 bridgehead atoms. The Morgan fingerprint density at radius 2 is 1.86 bits per heavy atom. The van der Waals surface area contributed by atoms with Crippen molar-refractivity contribution in [3.05, 3.63) is 54.1 Å². The SMILES string of the molecule is COc1ccccc1N1C(=O)NC(=O)[C@@H](/C=N\NC(=O)c2ccccc2O)C1=O. The van der Waals surface area contributed by atoms with Gasteiger partial charge < -0.3 is 9.84 Å². The van der Waals surface area contributed by atoms with Crippen LogP contribution in [0, 0.1) is 5.92 Å². The molecule has 0 spiro atoms. The normalized spacial score (nSPS) is 16.7. The second-order valence-corrected chi connectivity index (χ2v) is 5.85. The Morgan fingerprint density at radius 3 is 2.59 bits per heavy atom. The summed E-state index contributed by atoms with van der Waals surface area (Å²) in [7, 11) is 1.38. The molecule has 2 aromatic rings. The minimum atomic E-state index is -1.46. The van der Waals surface area contributed by atoms with Gasteiger partial charge in [-0.15, -0.1) is 0 Å². The number of hydrazone groups is 1. The lowest BCUT2D eigenvalue weighted by molar-refractivity contribution is -0.131. The third kappa shape index (κ3) is 3.90. The second kappa shape index (κ2) is 8.21. The Balaban J connectivity index is 1.80. The fourth-order valence-electron chi connectivity index (χ4n) is 2.66. The molecule has 10 heteroatoms. The van der Waals surface area contributed by atoms with Gasteiger partial charge in [0, 0.05) is 6.21 Å². The number of rotatable bonds is 5. The number of amides is 5. The third-order valence-corrected chi connectivity index (χ3v) is 4.07. The summed E-state index contributed by atoms with van der Waals surface area (Å²) in [6, 6.07) is 11.2. The van der Waals surface area contributed by atoms with E-state index in [1.807, 2.05) is 0 Å². The van der Waals surface area contributed by atoms with Crippen molar-refractivity contribution in [1.82, 2.24) is 10.7 Å². The number of carbonyl (C=O) groups excluding carboxylic acids is 4. The highest BCUT2D eigenvalue weighted by molar-refractivity contribution is 6.33. The summed E-state index contributed by atoms with van der Waals surface area (Å²) in [4.78, 5) is 49.9. The summed E-state index contributed by atoms with van der Waals surface area (Å²) in [5.41, 5.74) is 2.25. The highest BCUT2D eigenvalue weighted by Gasteiger charge is 2.41. The molecule has 0 radical (unpaired) electrons. The highest BCUT2D eigenvalue weighted by Crippen LogP contribution is 2.30. The number of hydrogen-bond donors (Lipinski definition) is 3. The van der Waals surface area contributed by atoms with Crippen LogP contribution in [0.5, 0.6) is 11.5 Å². The fraction of sp³-hybridized carbons (Fsp3) is 0.105. The molecule has 1 atom stereocenters. The van der Waals surface area contributed by atoms with Gasteiger partial charge in [-0.2, -0.15) is 5.10 Å². The van der Waals surface area contributed by atoms with E-state index in [9.17, 15) is 24.3 Å². The number of nitrogens with one attached hydrogen (secondary N) is 2. The molecule has 2 aromatic carbocycles. The van der Waals surface area contributed by atoms with Gasteiger partial charge in [-0.1, -0.05) is 24.3 Å². The lowest BCUT2D eigenvalue weighted by Crippen LogP contribution is -2.58. The molecule has 3 rings (SSSR count). The van der Waals surface area contributed by atoms with Crippen molar-refractivity contribution in [2.75, 3.05) is 12.0 Å². The van der Waals surface area contributed by atoms with E-state index in [1.54, 1.807) is 30.3 Å². The van der Waals surface area contributed by atoms with Gasteiger partial charge in [0.25, 0.3) is 11.8 Å². The van der Waals surface area contributed by atoms with Crippen molar-refractivity contribution in [3.63, 3.8) is 0 Å². The van der Waals surface area contributed by atoms with E-state index in [-0.39, 0.29) is 22.7 Å². The van der Waals surface area contributed by atoms with E-state index in [2.05, 4.69) is 15.8 Å². The maximum absolute atomic E-state index is 12.8. The van der Waals surface area contributed by atoms with Crippen molar-refractivity contribution in [2.24, 2.45) is 11.0 Å². The standard InChI is InChI=1S/C19H16N4O6/c1-29-15-9-5-3-7-13(15)23-18(27)12(16(25)21-19(23)28)10-20-22-17(26)11-6-2-4-8-14(11)24/h2-10,12,24H,1H3,(H,22,26)(H,21,25,28)/b20-10-/t12-/m1/s1. The summed E-state index contributed by atoms with van der Waals surface area (Å²) in [5.74, 6) is -3.92. The number of para-hydroxylation sites is 3. The predicted octanol–water partition coefficient (Wildman–Crippen LogP) is 1.02. The van der Waals surface area contributed by atoms with Gasteiger partial charge in [-0.25, -0.2) is 15.1 Å². The number of imide groups is 2. The molecule has 5 amide bonds. The van der Waals surface area contributed by atoms with Crippen LogP contribution < -0.4 is 20.4 Å². The zero-order valence-corrected chi connectivity index (χ0v) is 15.2. The number of hydrogen-bond acceptors (Lipinski definition) is 7. The number of anilines is 1. The first kappa shape index (κ1) is 19.5. The molecule has 3 N–H and O–H groups in total. The van der Waals surface area contributed by atoms with E-state index < -0.39 is 29.7 Å². The van der Waals surface area contributed by atoms with Gasteiger partial charge in [-0.3, -0.25) is 19.7 Å². The zero-order chi connectivity index (χ0) is 21.0. The first-order chi connectivity index (χ1) is 13.9. The molecular weight excluding hydrogens is 380 g/mol. The van der Waals surface area contributed by atoms with Crippen LogP contribution in [0.3, 0.4) is 0 Å². The molecular formula is C19H16N4O6. The van der Waals surface area contributed by atoms with Crippen LogP contribution in [0.2, 0.25) is 0 Å². The molecule has 0 saturated carbocycles. The van der Waals surface area contributed by atoms with Gasteiger partial charge in [-0.05, 0) is 24.3 Å². The lowest BCUT2D eigenvalue weighted by atomic mass is 10.1. The number of ether oxygens (including phenoxy) is 1. The van der Waals surface area contributed by atoms with Crippen molar-refractivity contribution >= 4 is 35.7 Å². The first-order valence-corrected chi connectivity index (χ1v) is 8.37. The molecule has 1 heterocycles.